The lowest BCUT2D eigenvalue weighted by molar-refractivity contribution is 0.409. The summed E-state index contributed by atoms with van der Waals surface area (Å²) in [6.07, 6.45) is -0.518. The van der Waals surface area contributed by atoms with Crippen molar-refractivity contribution in [2.75, 3.05) is 0 Å². The summed E-state index contributed by atoms with van der Waals surface area (Å²) in [6, 6.07) is 67.0. The van der Waals surface area contributed by atoms with Crippen LogP contribution in [0.1, 0.15) is 29.0 Å². The van der Waals surface area contributed by atoms with Crippen molar-refractivity contribution >= 4 is 60.1 Å². The average Bonchev–Trinajstić information content (AvgIpc) is 3.66. The minimum Gasteiger partial charge on any atom is -0.455 e. The zero-order chi connectivity index (χ0) is 36.3. The third-order valence-electron chi connectivity index (χ3n) is 11.1. The Bertz CT molecular complexity index is 3120. The smallest absolute Gasteiger partial charge is 0.146 e. The Morgan fingerprint density at radius 2 is 1.05 bits per heavy atom. The molecule has 0 fully saturated rings. The van der Waals surface area contributed by atoms with Crippen LogP contribution in [0.2, 0.25) is 0 Å². The molecule has 4 heteroatoms. The Morgan fingerprint density at radius 3 is 1.85 bits per heavy atom. The number of nitrogens with zero attached hydrogens (tertiary/aromatic N) is 1. The van der Waals surface area contributed by atoms with Crippen LogP contribution >= 0.6 is 0 Å². The van der Waals surface area contributed by atoms with Crippen molar-refractivity contribution < 1.29 is 4.42 Å². The van der Waals surface area contributed by atoms with Gasteiger partial charge in [0.25, 0.3) is 0 Å². The Hall–Kier alpha value is -7.01. The molecule has 1 aliphatic rings. The molecule has 11 rings (SSSR count). The average molecular weight is 706 g/mol. The predicted molar refractivity (Wildman–Crippen MR) is 228 cm³/mol. The highest BCUT2D eigenvalue weighted by Crippen LogP contribution is 2.43. The van der Waals surface area contributed by atoms with Crippen molar-refractivity contribution in [2.45, 2.75) is 12.3 Å². The highest BCUT2D eigenvalue weighted by molar-refractivity contribution is 6.26. The zero-order valence-electron chi connectivity index (χ0n) is 29.9. The first-order chi connectivity index (χ1) is 27.2. The zero-order valence-corrected chi connectivity index (χ0v) is 29.9. The molecule has 9 aromatic carbocycles. The van der Waals surface area contributed by atoms with E-state index in [2.05, 4.69) is 199 Å². The lowest BCUT2D eigenvalue weighted by Crippen LogP contribution is -2.45. The number of rotatable bonds is 5. The topological polar surface area (TPSA) is 49.6 Å². The highest BCUT2D eigenvalue weighted by Gasteiger charge is 2.29. The van der Waals surface area contributed by atoms with Crippen molar-refractivity contribution in [3.05, 3.63) is 205 Å². The molecule has 1 aliphatic heterocycles. The number of hydrogen-bond donors (Lipinski definition) is 2. The maximum atomic E-state index is 6.98. The predicted octanol–water partition coefficient (Wildman–Crippen LogP) is 12.7. The lowest BCUT2D eigenvalue weighted by atomic mass is 9.93. The van der Waals surface area contributed by atoms with Gasteiger partial charge < -0.3 is 9.73 Å². The molecule has 2 atom stereocenters. The number of furan rings is 1. The molecule has 0 aliphatic carbocycles. The van der Waals surface area contributed by atoms with Gasteiger partial charge in [-0.2, -0.15) is 0 Å². The Balaban J connectivity index is 1.13. The Morgan fingerprint density at radius 1 is 0.436 bits per heavy atom. The van der Waals surface area contributed by atoms with Gasteiger partial charge in [-0.15, -0.1) is 0 Å². The van der Waals surface area contributed by atoms with Crippen LogP contribution in [0.3, 0.4) is 0 Å². The standard InChI is InChI=1S/C51H35N3O/c1-2-11-32(12-3-1)38-18-10-19-39(29-38)43-26-27-44(48-47(43)46-42-20-9-8-15-35(42)25-28-45(46)55-48)51-53-49(40-23-21-33-13-4-6-16-36(33)30-40)52-50(54-51)41-24-22-34-14-5-7-17-37(34)31-41/h1-31,49-50,52H,(H,53,54). The van der Waals surface area contributed by atoms with Gasteiger partial charge in [0.1, 0.15) is 29.3 Å². The van der Waals surface area contributed by atoms with E-state index in [1.54, 1.807) is 0 Å². The van der Waals surface area contributed by atoms with E-state index < -0.39 is 0 Å². The van der Waals surface area contributed by atoms with Gasteiger partial charge in [-0.1, -0.05) is 158 Å². The monoisotopic (exact) mass is 705 g/mol. The van der Waals surface area contributed by atoms with E-state index in [4.69, 9.17) is 9.41 Å². The van der Waals surface area contributed by atoms with Crippen molar-refractivity contribution in [3.8, 4) is 22.3 Å². The molecule has 0 saturated carbocycles. The summed E-state index contributed by atoms with van der Waals surface area (Å²) in [5.74, 6) is 0.785. The van der Waals surface area contributed by atoms with Gasteiger partial charge in [0.05, 0.1) is 5.56 Å². The summed E-state index contributed by atoms with van der Waals surface area (Å²) < 4.78 is 6.98. The fourth-order valence-corrected chi connectivity index (χ4v) is 8.37. The molecule has 10 aromatic rings. The van der Waals surface area contributed by atoms with E-state index >= 15 is 0 Å². The third-order valence-corrected chi connectivity index (χ3v) is 11.1. The number of amidine groups is 1. The second-order valence-electron chi connectivity index (χ2n) is 14.4. The Kier molecular flexibility index (Phi) is 7.35. The molecule has 2 heterocycles. The van der Waals surface area contributed by atoms with Gasteiger partial charge in [0.15, 0.2) is 0 Å². The van der Waals surface area contributed by atoms with Gasteiger partial charge in [-0.05, 0) is 96.0 Å². The molecule has 0 saturated heterocycles. The Labute approximate surface area is 318 Å². The summed E-state index contributed by atoms with van der Waals surface area (Å²) in [6.45, 7) is 0. The van der Waals surface area contributed by atoms with E-state index in [-0.39, 0.29) is 12.3 Å². The van der Waals surface area contributed by atoms with E-state index in [1.165, 1.54) is 43.4 Å². The molecule has 260 valence electrons. The van der Waals surface area contributed by atoms with Crippen LogP contribution in [0.5, 0.6) is 0 Å². The first kappa shape index (κ1) is 31.5. The molecular weight excluding hydrogens is 671 g/mol. The number of fused-ring (bicyclic) bond motifs is 7. The molecular formula is C51H35N3O. The number of nitrogens with one attached hydrogen (secondary N) is 2. The van der Waals surface area contributed by atoms with Crippen LogP contribution in [0, 0.1) is 0 Å². The fourth-order valence-electron chi connectivity index (χ4n) is 8.37. The van der Waals surface area contributed by atoms with E-state index in [1.807, 2.05) is 0 Å². The molecule has 55 heavy (non-hydrogen) atoms. The molecule has 2 unspecified atom stereocenters. The molecule has 1 aromatic heterocycles. The maximum Gasteiger partial charge on any atom is 0.146 e. The van der Waals surface area contributed by atoms with Gasteiger partial charge >= 0.3 is 0 Å². The summed E-state index contributed by atoms with van der Waals surface area (Å²) >= 11 is 0. The summed E-state index contributed by atoms with van der Waals surface area (Å²) in [7, 11) is 0. The molecule has 0 amide bonds. The minimum atomic E-state index is -0.306. The second kappa shape index (κ2) is 12.8. The van der Waals surface area contributed by atoms with Crippen LogP contribution in [0.15, 0.2) is 197 Å². The molecule has 0 radical (unpaired) electrons. The number of benzene rings is 9. The van der Waals surface area contributed by atoms with Crippen molar-refractivity contribution in [2.24, 2.45) is 4.99 Å². The summed E-state index contributed by atoms with van der Waals surface area (Å²) in [4.78, 5) is 5.44. The summed E-state index contributed by atoms with van der Waals surface area (Å²) in [5.41, 5.74) is 9.46. The van der Waals surface area contributed by atoms with Crippen LogP contribution in [0.4, 0.5) is 0 Å². The van der Waals surface area contributed by atoms with Crippen LogP contribution in [-0.4, -0.2) is 5.84 Å². The molecule has 4 nitrogen and oxygen atoms in total. The highest BCUT2D eigenvalue weighted by atomic mass is 16.3. The quantitative estimate of drug-likeness (QED) is 0.187. The van der Waals surface area contributed by atoms with Crippen LogP contribution < -0.4 is 10.6 Å². The molecule has 0 spiro atoms. The lowest BCUT2D eigenvalue weighted by Gasteiger charge is -2.32. The second-order valence-corrected chi connectivity index (χ2v) is 14.4. The minimum absolute atomic E-state index is 0.212. The maximum absolute atomic E-state index is 6.98. The van der Waals surface area contributed by atoms with Gasteiger partial charge in [0, 0.05) is 10.8 Å². The van der Waals surface area contributed by atoms with Gasteiger partial charge in [-0.3, -0.25) is 5.32 Å². The van der Waals surface area contributed by atoms with Crippen molar-refractivity contribution in [3.63, 3.8) is 0 Å². The fraction of sp³-hybridized carbons (Fsp3) is 0.0392. The van der Waals surface area contributed by atoms with Crippen LogP contribution in [0.25, 0.3) is 76.5 Å². The third kappa shape index (κ3) is 5.46. The molecule has 0 bridgehead atoms. The first-order valence-electron chi connectivity index (χ1n) is 18.8. The SMILES string of the molecule is c1ccc(-c2cccc(-c3ccc(C4=NC(c5ccc6ccccc6c5)NC(c5ccc6ccccc6c5)N4)c4oc5ccc6ccccc6c5c34)c2)cc1. The van der Waals surface area contributed by atoms with Gasteiger partial charge in [0.2, 0.25) is 0 Å². The first-order valence-corrected chi connectivity index (χ1v) is 18.8. The molecule has 2 N–H and O–H groups in total. The number of aliphatic imine (C=N–C) groups is 1. The summed E-state index contributed by atoms with van der Waals surface area (Å²) in [5, 5.41) is 17.0. The number of hydrogen-bond acceptors (Lipinski definition) is 4. The van der Waals surface area contributed by atoms with E-state index in [0.29, 0.717) is 0 Å². The normalized spacial score (nSPS) is 15.8. The largest absolute Gasteiger partial charge is 0.455 e. The van der Waals surface area contributed by atoms with Crippen molar-refractivity contribution in [1.82, 2.24) is 10.6 Å². The van der Waals surface area contributed by atoms with E-state index in [9.17, 15) is 0 Å². The van der Waals surface area contributed by atoms with Crippen molar-refractivity contribution in [1.29, 1.82) is 0 Å². The van der Waals surface area contributed by atoms with E-state index in [0.717, 1.165) is 55.6 Å². The van der Waals surface area contributed by atoms with Crippen LogP contribution in [-0.2, 0) is 0 Å². The van der Waals surface area contributed by atoms with Gasteiger partial charge in [-0.25, -0.2) is 4.99 Å².